The molecule has 1 heterocycles. The van der Waals surface area contributed by atoms with Gasteiger partial charge in [-0.25, -0.2) is 4.79 Å². The van der Waals surface area contributed by atoms with E-state index in [0.29, 0.717) is 5.56 Å². The van der Waals surface area contributed by atoms with Gasteiger partial charge >= 0.3 is 6.09 Å². The van der Waals surface area contributed by atoms with Gasteiger partial charge in [-0.1, -0.05) is 0 Å². The lowest BCUT2D eigenvalue weighted by atomic mass is 10.1. The van der Waals surface area contributed by atoms with Crippen molar-refractivity contribution in [3.63, 3.8) is 0 Å². The Bertz CT molecular complexity index is 542. The molecule has 7 heteroatoms. The van der Waals surface area contributed by atoms with Gasteiger partial charge in [0.2, 0.25) is 5.91 Å². The van der Waals surface area contributed by atoms with Crippen LogP contribution in [-0.2, 0) is 16.0 Å². The molecule has 100 valence electrons. The minimum absolute atomic E-state index is 0.0199. The van der Waals surface area contributed by atoms with E-state index in [1.54, 1.807) is 18.2 Å². The molecule has 1 aliphatic heterocycles. The molecule has 0 unspecified atom stereocenters. The van der Waals surface area contributed by atoms with Crippen molar-refractivity contribution in [2.75, 3.05) is 18.5 Å². The first-order valence-corrected chi connectivity index (χ1v) is 5.69. The SMILES string of the molecule is NC(=O)OCCNC(=O)c1ccc2c(c1)CC(=O)N2. The van der Waals surface area contributed by atoms with E-state index < -0.39 is 6.09 Å². The smallest absolute Gasteiger partial charge is 0.404 e. The van der Waals surface area contributed by atoms with E-state index in [9.17, 15) is 14.4 Å². The van der Waals surface area contributed by atoms with Gasteiger partial charge in [-0.15, -0.1) is 0 Å². The minimum Gasteiger partial charge on any atom is -0.448 e. The first-order chi connectivity index (χ1) is 9.06. The van der Waals surface area contributed by atoms with Crippen LogP contribution in [0.15, 0.2) is 18.2 Å². The highest BCUT2D eigenvalue weighted by molar-refractivity contribution is 6.01. The monoisotopic (exact) mass is 263 g/mol. The number of ether oxygens (including phenoxy) is 1. The summed E-state index contributed by atoms with van der Waals surface area (Å²) >= 11 is 0. The van der Waals surface area contributed by atoms with E-state index in [1.165, 1.54) is 0 Å². The average molecular weight is 263 g/mol. The molecule has 0 saturated carbocycles. The number of nitrogens with one attached hydrogen (secondary N) is 2. The maximum absolute atomic E-state index is 11.8. The van der Waals surface area contributed by atoms with Crippen LogP contribution in [0.3, 0.4) is 0 Å². The van der Waals surface area contributed by atoms with Crippen molar-refractivity contribution in [3.05, 3.63) is 29.3 Å². The summed E-state index contributed by atoms with van der Waals surface area (Å²) in [5, 5.41) is 5.27. The van der Waals surface area contributed by atoms with Crippen LogP contribution >= 0.6 is 0 Å². The molecule has 7 nitrogen and oxygen atoms in total. The Balaban J connectivity index is 1.91. The highest BCUT2D eigenvalue weighted by Gasteiger charge is 2.18. The summed E-state index contributed by atoms with van der Waals surface area (Å²) in [4.78, 5) is 33.3. The van der Waals surface area contributed by atoms with Crippen molar-refractivity contribution in [1.29, 1.82) is 0 Å². The number of rotatable bonds is 4. The predicted octanol–water partition coefficient (Wildman–Crippen LogP) is 0.00630. The third-order valence-electron chi connectivity index (χ3n) is 2.62. The Morgan fingerprint density at radius 3 is 2.95 bits per heavy atom. The van der Waals surface area contributed by atoms with Crippen molar-refractivity contribution in [1.82, 2.24) is 5.32 Å². The largest absolute Gasteiger partial charge is 0.448 e. The number of hydrogen-bond acceptors (Lipinski definition) is 4. The number of hydrogen-bond donors (Lipinski definition) is 3. The quantitative estimate of drug-likeness (QED) is 0.664. The molecule has 1 aromatic carbocycles. The lowest BCUT2D eigenvalue weighted by Crippen LogP contribution is -2.29. The molecule has 2 rings (SSSR count). The molecular weight excluding hydrogens is 250 g/mol. The Morgan fingerprint density at radius 2 is 2.21 bits per heavy atom. The van der Waals surface area contributed by atoms with Crippen LogP contribution in [-0.4, -0.2) is 31.1 Å². The van der Waals surface area contributed by atoms with Crippen molar-refractivity contribution in [2.45, 2.75) is 6.42 Å². The normalized spacial score (nSPS) is 12.5. The summed E-state index contributed by atoms with van der Waals surface area (Å²) in [7, 11) is 0. The zero-order chi connectivity index (χ0) is 13.8. The fourth-order valence-corrected chi connectivity index (χ4v) is 1.79. The van der Waals surface area contributed by atoms with Gasteiger partial charge in [-0.05, 0) is 23.8 Å². The molecule has 0 spiro atoms. The summed E-state index contributed by atoms with van der Waals surface area (Å²) in [6, 6.07) is 4.97. The topological polar surface area (TPSA) is 111 Å². The van der Waals surface area contributed by atoms with Crippen LogP contribution in [0.4, 0.5) is 10.5 Å². The Kier molecular flexibility index (Phi) is 3.65. The van der Waals surface area contributed by atoms with Crippen LogP contribution in [0.5, 0.6) is 0 Å². The van der Waals surface area contributed by atoms with Gasteiger partial charge in [0.15, 0.2) is 0 Å². The fraction of sp³-hybridized carbons (Fsp3) is 0.250. The maximum Gasteiger partial charge on any atom is 0.404 e. The maximum atomic E-state index is 11.8. The van der Waals surface area contributed by atoms with E-state index in [0.717, 1.165) is 11.3 Å². The number of carbonyl (C=O) groups excluding carboxylic acids is 3. The highest BCUT2D eigenvalue weighted by atomic mass is 16.5. The van der Waals surface area contributed by atoms with Gasteiger partial charge in [0.05, 0.1) is 13.0 Å². The van der Waals surface area contributed by atoms with E-state index >= 15 is 0 Å². The van der Waals surface area contributed by atoms with Crippen LogP contribution in [0, 0.1) is 0 Å². The number of amides is 3. The third kappa shape index (κ3) is 3.21. The molecule has 0 atom stereocenters. The molecule has 0 saturated heterocycles. The van der Waals surface area contributed by atoms with Crippen LogP contribution in [0.2, 0.25) is 0 Å². The lowest BCUT2D eigenvalue weighted by molar-refractivity contribution is -0.115. The van der Waals surface area contributed by atoms with E-state index in [4.69, 9.17) is 5.73 Å². The van der Waals surface area contributed by atoms with Crippen molar-refractivity contribution in [3.8, 4) is 0 Å². The van der Waals surface area contributed by atoms with E-state index in [1.807, 2.05) is 0 Å². The minimum atomic E-state index is -0.878. The zero-order valence-corrected chi connectivity index (χ0v) is 10.1. The van der Waals surface area contributed by atoms with Crippen LogP contribution < -0.4 is 16.4 Å². The standard InChI is InChI=1S/C12H13N3O4/c13-12(18)19-4-3-14-11(17)7-1-2-9-8(5-7)6-10(16)15-9/h1-2,5H,3-4,6H2,(H2,13,18)(H,14,17)(H,15,16). The highest BCUT2D eigenvalue weighted by Crippen LogP contribution is 2.23. The van der Waals surface area contributed by atoms with E-state index in [-0.39, 0.29) is 31.4 Å². The summed E-state index contributed by atoms with van der Waals surface area (Å²) in [5.41, 5.74) is 6.77. The second kappa shape index (κ2) is 5.38. The summed E-state index contributed by atoms with van der Waals surface area (Å²) in [6.07, 6.45) is -0.599. The number of anilines is 1. The molecule has 0 aliphatic carbocycles. The van der Waals surface area contributed by atoms with E-state index in [2.05, 4.69) is 15.4 Å². The first-order valence-electron chi connectivity index (χ1n) is 5.69. The Labute approximate surface area is 109 Å². The molecule has 19 heavy (non-hydrogen) atoms. The zero-order valence-electron chi connectivity index (χ0n) is 10.1. The molecule has 0 fully saturated rings. The predicted molar refractivity (Wildman–Crippen MR) is 66.6 cm³/mol. The summed E-state index contributed by atoms with van der Waals surface area (Å²) < 4.78 is 4.49. The Morgan fingerprint density at radius 1 is 1.42 bits per heavy atom. The number of fused-ring (bicyclic) bond motifs is 1. The second-order valence-corrected chi connectivity index (χ2v) is 4.02. The first kappa shape index (κ1) is 12.9. The Hall–Kier alpha value is -2.57. The van der Waals surface area contributed by atoms with Gasteiger partial charge < -0.3 is 21.1 Å². The number of benzene rings is 1. The molecule has 3 amide bonds. The van der Waals surface area contributed by atoms with Crippen molar-refractivity contribution in [2.24, 2.45) is 5.73 Å². The van der Waals surface area contributed by atoms with Crippen LogP contribution in [0.1, 0.15) is 15.9 Å². The molecule has 0 bridgehead atoms. The van der Waals surface area contributed by atoms with Crippen LogP contribution in [0.25, 0.3) is 0 Å². The van der Waals surface area contributed by atoms with Crippen molar-refractivity contribution >= 4 is 23.6 Å². The van der Waals surface area contributed by atoms with Gasteiger partial charge in [0.1, 0.15) is 6.61 Å². The second-order valence-electron chi connectivity index (χ2n) is 4.02. The number of nitrogens with two attached hydrogens (primary N) is 1. The van der Waals surface area contributed by atoms with Gasteiger partial charge in [-0.3, -0.25) is 9.59 Å². The molecule has 4 N–H and O–H groups in total. The molecular formula is C12H13N3O4. The molecule has 1 aromatic rings. The lowest BCUT2D eigenvalue weighted by Gasteiger charge is -2.06. The third-order valence-corrected chi connectivity index (χ3v) is 2.62. The average Bonchev–Trinajstić information content (AvgIpc) is 2.73. The van der Waals surface area contributed by atoms with Gasteiger partial charge in [0.25, 0.3) is 5.91 Å². The fourth-order valence-electron chi connectivity index (χ4n) is 1.79. The summed E-state index contributed by atoms with van der Waals surface area (Å²) in [5.74, 6) is -0.377. The molecule has 0 radical (unpaired) electrons. The molecule has 0 aromatic heterocycles. The van der Waals surface area contributed by atoms with Gasteiger partial charge in [0, 0.05) is 11.3 Å². The summed E-state index contributed by atoms with van der Waals surface area (Å²) in [6.45, 7) is 0.197. The van der Waals surface area contributed by atoms with Crippen molar-refractivity contribution < 1.29 is 19.1 Å². The number of carbonyl (C=O) groups is 3. The molecule has 1 aliphatic rings. The number of primary amides is 1. The van der Waals surface area contributed by atoms with Gasteiger partial charge in [-0.2, -0.15) is 0 Å².